The van der Waals surface area contributed by atoms with Crippen molar-refractivity contribution >= 4 is 0 Å². The van der Waals surface area contributed by atoms with Crippen molar-refractivity contribution in [1.82, 2.24) is 14.9 Å². The molecule has 0 saturated heterocycles. The first-order valence-electron chi connectivity index (χ1n) is 5.67. The van der Waals surface area contributed by atoms with E-state index in [0.717, 1.165) is 19.5 Å². The predicted molar refractivity (Wildman–Crippen MR) is 63.7 cm³/mol. The second-order valence-corrected chi connectivity index (χ2v) is 4.27. The lowest BCUT2D eigenvalue weighted by molar-refractivity contribution is 0.620. The first-order chi connectivity index (χ1) is 7.84. The van der Waals surface area contributed by atoms with Crippen molar-refractivity contribution in [2.24, 2.45) is 0 Å². The highest BCUT2D eigenvalue weighted by molar-refractivity contribution is 5.37. The average molecular weight is 213 g/mol. The van der Waals surface area contributed by atoms with Crippen molar-refractivity contribution in [3.63, 3.8) is 0 Å². The number of rotatable bonds is 1. The lowest BCUT2D eigenvalue weighted by Crippen LogP contribution is -2.24. The van der Waals surface area contributed by atoms with Crippen molar-refractivity contribution in [2.75, 3.05) is 6.54 Å². The van der Waals surface area contributed by atoms with Crippen LogP contribution in [0.5, 0.6) is 0 Å². The van der Waals surface area contributed by atoms with Crippen LogP contribution in [0.1, 0.15) is 17.0 Å². The van der Waals surface area contributed by atoms with Crippen molar-refractivity contribution in [3.8, 4) is 5.69 Å². The topological polar surface area (TPSA) is 29.9 Å². The normalized spacial score (nSPS) is 14.8. The summed E-state index contributed by atoms with van der Waals surface area (Å²) in [6.45, 7) is 4.05. The molecule has 0 atom stereocenters. The van der Waals surface area contributed by atoms with Crippen LogP contribution < -0.4 is 5.32 Å². The number of hydrogen-bond donors (Lipinski definition) is 1. The molecule has 2 aromatic rings. The van der Waals surface area contributed by atoms with Crippen LogP contribution >= 0.6 is 0 Å². The van der Waals surface area contributed by atoms with Crippen LogP contribution in [0, 0.1) is 6.92 Å². The van der Waals surface area contributed by atoms with Gasteiger partial charge in [0.05, 0.1) is 12.0 Å². The van der Waals surface area contributed by atoms with Crippen LogP contribution in [-0.4, -0.2) is 16.1 Å². The Morgan fingerprint density at radius 2 is 2.06 bits per heavy atom. The number of fused-ring (bicyclic) bond motifs is 1. The Morgan fingerprint density at radius 1 is 1.25 bits per heavy atom. The van der Waals surface area contributed by atoms with Gasteiger partial charge in [0.25, 0.3) is 0 Å². The van der Waals surface area contributed by atoms with Gasteiger partial charge in [-0.1, -0.05) is 17.7 Å². The number of nitrogens with one attached hydrogen (secondary N) is 1. The molecule has 1 aromatic heterocycles. The lowest BCUT2D eigenvalue weighted by atomic mass is 10.1. The Kier molecular flexibility index (Phi) is 2.26. The van der Waals surface area contributed by atoms with Gasteiger partial charge in [0, 0.05) is 30.9 Å². The molecular weight excluding hydrogens is 198 g/mol. The Morgan fingerprint density at radius 3 is 2.88 bits per heavy atom. The highest BCUT2D eigenvalue weighted by Gasteiger charge is 2.15. The van der Waals surface area contributed by atoms with Gasteiger partial charge in [0.1, 0.15) is 0 Å². The summed E-state index contributed by atoms with van der Waals surface area (Å²) in [5, 5.41) is 3.34. The van der Waals surface area contributed by atoms with Crippen LogP contribution in [0.2, 0.25) is 0 Å². The van der Waals surface area contributed by atoms with Crippen LogP contribution in [0.15, 0.2) is 30.6 Å². The van der Waals surface area contributed by atoms with E-state index in [4.69, 9.17) is 0 Å². The minimum absolute atomic E-state index is 0.897. The minimum Gasteiger partial charge on any atom is -0.311 e. The van der Waals surface area contributed by atoms with Gasteiger partial charge in [-0.3, -0.25) is 0 Å². The fourth-order valence-electron chi connectivity index (χ4n) is 2.16. The van der Waals surface area contributed by atoms with E-state index in [9.17, 15) is 0 Å². The minimum atomic E-state index is 0.897. The Hall–Kier alpha value is -1.61. The fourth-order valence-corrected chi connectivity index (χ4v) is 2.16. The standard InChI is InChI=1S/C13H15N3/c1-10-2-4-11(5-3-10)16-9-15-12-8-14-7-6-13(12)16/h2-5,9,14H,6-8H2,1H3. The smallest absolute Gasteiger partial charge is 0.0998 e. The van der Waals surface area contributed by atoms with Crippen LogP contribution in [0.4, 0.5) is 0 Å². The first kappa shape index (κ1) is 9.60. The maximum atomic E-state index is 4.46. The average Bonchev–Trinajstić information content (AvgIpc) is 2.74. The van der Waals surface area contributed by atoms with E-state index in [1.54, 1.807) is 0 Å². The molecule has 3 heteroatoms. The van der Waals surface area contributed by atoms with Gasteiger partial charge in [-0.15, -0.1) is 0 Å². The number of aryl methyl sites for hydroxylation is 1. The summed E-state index contributed by atoms with van der Waals surface area (Å²) in [5.74, 6) is 0. The predicted octanol–water partition coefficient (Wildman–Crippen LogP) is 1.83. The Bertz CT molecular complexity index is 496. The lowest BCUT2D eigenvalue weighted by Gasteiger charge is -2.15. The van der Waals surface area contributed by atoms with Crippen LogP contribution in [-0.2, 0) is 13.0 Å². The monoisotopic (exact) mass is 213 g/mol. The molecule has 0 aliphatic carbocycles. The van der Waals surface area contributed by atoms with Gasteiger partial charge in [0.2, 0.25) is 0 Å². The summed E-state index contributed by atoms with van der Waals surface area (Å²) in [6.07, 6.45) is 2.99. The molecule has 1 aliphatic heterocycles. The van der Waals surface area contributed by atoms with Gasteiger partial charge in [0.15, 0.2) is 0 Å². The summed E-state index contributed by atoms with van der Waals surface area (Å²) >= 11 is 0. The molecular formula is C13H15N3. The van der Waals surface area contributed by atoms with E-state index in [2.05, 4.69) is 46.1 Å². The molecule has 1 aromatic carbocycles. The van der Waals surface area contributed by atoms with Crippen molar-refractivity contribution in [1.29, 1.82) is 0 Å². The second-order valence-electron chi connectivity index (χ2n) is 4.27. The Labute approximate surface area is 95.1 Å². The molecule has 0 unspecified atom stereocenters. The molecule has 0 spiro atoms. The van der Waals surface area contributed by atoms with E-state index in [1.807, 2.05) is 6.33 Å². The molecule has 1 aliphatic rings. The second kappa shape index (κ2) is 3.76. The fraction of sp³-hybridized carbons (Fsp3) is 0.308. The molecule has 0 bridgehead atoms. The number of imidazole rings is 1. The molecule has 3 rings (SSSR count). The molecule has 0 radical (unpaired) electrons. The van der Waals surface area contributed by atoms with Crippen molar-refractivity contribution in [3.05, 3.63) is 47.5 Å². The van der Waals surface area contributed by atoms with E-state index in [-0.39, 0.29) is 0 Å². The third kappa shape index (κ3) is 1.53. The van der Waals surface area contributed by atoms with E-state index in [0.29, 0.717) is 0 Å². The van der Waals surface area contributed by atoms with Crippen LogP contribution in [0.25, 0.3) is 5.69 Å². The third-order valence-corrected chi connectivity index (χ3v) is 3.10. The molecule has 0 saturated carbocycles. The quantitative estimate of drug-likeness (QED) is 0.783. The molecule has 3 nitrogen and oxygen atoms in total. The number of aromatic nitrogens is 2. The SMILES string of the molecule is Cc1ccc(-n2cnc3c2CCNC3)cc1. The van der Waals surface area contributed by atoms with Crippen LogP contribution in [0.3, 0.4) is 0 Å². The van der Waals surface area contributed by atoms with Gasteiger partial charge in [-0.05, 0) is 19.1 Å². The third-order valence-electron chi connectivity index (χ3n) is 3.10. The zero-order valence-corrected chi connectivity index (χ0v) is 9.40. The zero-order chi connectivity index (χ0) is 11.0. The number of nitrogens with zero attached hydrogens (tertiary/aromatic N) is 2. The molecule has 2 heterocycles. The van der Waals surface area contributed by atoms with Gasteiger partial charge in [-0.2, -0.15) is 0 Å². The molecule has 0 amide bonds. The summed E-state index contributed by atoms with van der Waals surface area (Å²) in [7, 11) is 0. The summed E-state index contributed by atoms with van der Waals surface area (Å²) in [6, 6.07) is 8.59. The van der Waals surface area contributed by atoms with Gasteiger partial charge in [-0.25, -0.2) is 4.98 Å². The highest BCUT2D eigenvalue weighted by Crippen LogP contribution is 2.18. The molecule has 0 fully saturated rings. The number of benzene rings is 1. The van der Waals surface area contributed by atoms with E-state index >= 15 is 0 Å². The molecule has 16 heavy (non-hydrogen) atoms. The molecule has 82 valence electrons. The van der Waals surface area contributed by atoms with Gasteiger partial charge >= 0.3 is 0 Å². The first-order valence-corrected chi connectivity index (χ1v) is 5.67. The largest absolute Gasteiger partial charge is 0.311 e. The van der Waals surface area contributed by atoms with Crippen molar-refractivity contribution < 1.29 is 0 Å². The number of hydrogen-bond acceptors (Lipinski definition) is 2. The summed E-state index contributed by atoms with van der Waals surface area (Å²) in [4.78, 5) is 4.46. The maximum Gasteiger partial charge on any atom is 0.0998 e. The van der Waals surface area contributed by atoms with E-state index < -0.39 is 0 Å². The van der Waals surface area contributed by atoms with Gasteiger partial charge < -0.3 is 9.88 Å². The Balaban J connectivity index is 2.06. The summed E-state index contributed by atoms with van der Waals surface area (Å²) < 4.78 is 2.20. The van der Waals surface area contributed by atoms with E-state index in [1.165, 1.54) is 22.6 Å². The molecule has 1 N–H and O–H groups in total. The zero-order valence-electron chi connectivity index (χ0n) is 9.40. The maximum absolute atomic E-state index is 4.46. The highest BCUT2D eigenvalue weighted by atomic mass is 15.1. The van der Waals surface area contributed by atoms with Crippen molar-refractivity contribution in [2.45, 2.75) is 19.9 Å². The summed E-state index contributed by atoms with van der Waals surface area (Å²) in [5.41, 5.74) is 5.04.